The van der Waals surface area contributed by atoms with Crippen molar-refractivity contribution in [1.29, 1.82) is 0 Å². The van der Waals surface area contributed by atoms with Crippen molar-refractivity contribution in [3.63, 3.8) is 0 Å². The van der Waals surface area contributed by atoms with E-state index in [0.29, 0.717) is 5.02 Å². The summed E-state index contributed by atoms with van der Waals surface area (Å²) in [6.45, 7) is 0. The van der Waals surface area contributed by atoms with E-state index in [9.17, 15) is 0 Å². The molecule has 0 aliphatic rings. The summed E-state index contributed by atoms with van der Waals surface area (Å²) < 4.78 is 1.22. The van der Waals surface area contributed by atoms with Crippen LogP contribution in [-0.2, 0) is 0 Å². The second-order valence-corrected chi connectivity index (χ2v) is 5.54. The van der Waals surface area contributed by atoms with Crippen molar-refractivity contribution in [1.82, 2.24) is 10.4 Å². The molecule has 3 nitrogen and oxygen atoms in total. The maximum absolute atomic E-state index is 5.87. The van der Waals surface area contributed by atoms with Gasteiger partial charge in [-0.1, -0.05) is 29.8 Å². The van der Waals surface area contributed by atoms with Gasteiger partial charge in [-0.25, -0.2) is 5.43 Å². The molecule has 0 amide bonds. The first-order valence-electron chi connectivity index (χ1n) is 5.83. The average molecular weight is 290 g/mol. The highest BCUT2D eigenvalue weighted by Gasteiger charge is 2.16. The molecule has 3 aromatic rings. The maximum Gasteiger partial charge on any atom is 0.0895 e. The number of hydrogen-bond donors (Lipinski definition) is 2. The number of nitrogens with zero attached hydrogens (tertiary/aromatic N) is 1. The van der Waals surface area contributed by atoms with Crippen LogP contribution < -0.4 is 11.3 Å². The predicted molar refractivity (Wildman–Crippen MR) is 80.2 cm³/mol. The molecule has 1 aromatic carbocycles. The molecular weight excluding hydrogens is 278 g/mol. The van der Waals surface area contributed by atoms with E-state index in [1.54, 1.807) is 17.5 Å². The van der Waals surface area contributed by atoms with E-state index < -0.39 is 0 Å². The lowest BCUT2D eigenvalue weighted by Gasteiger charge is -2.16. The van der Waals surface area contributed by atoms with Crippen molar-refractivity contribution in [2.45, 2.75) is 6.04 Å². The van der Waals surface area contributed by atoms with Gasteiger partial charge in [-0.3, -0.25) is 10.8 Å². The van der Waals surface area contributed by atoms with Crippen molar-refractivity contribution < 1.29 is 0 Å². The normalized spacial score (nSPS) is 12.7. The van der Waals surface area contributed by atoms with Crippen molar-refractivity contribution in [3.05, 3.63) is 64.3 Å². The first-order valence-corrected chi connectivity index (χ1v) is 7.09. The van der Waals surface area contributed by atoms with E-state index >= 15 is 0 Å². The van der Waals surface area contributed by atoms with Gasteiger partial charge in [-0.2, -0.15) is 0 Å². The summed E-state index contributed by atoms with van der Waals surface area (Å²) in [6.07, 6.45) is 1.63. The molecule has 3 N–H and O–H groups in total. The van der Waals surface area contributed by atoms with E-state index in [-0.39, 0.29) is 6.04 Å². The standard InChI is InChI=1S/C14H12ClN3S/c15-10-4-5-12(17-8-10)13(18-16)11-3-1-2-9-6-7-19-14(9)11/h1-8,13,18H,16H2. The van der Waals surface area contributed by atoms with E-state index in [2.05, 4.69) is 34.0 Å². The highest BCUT2D eigenvalue weighted by atomic mass is 35.5. The molecule has 0 aliphatic carbocycles. The monoisotopic (exact) mass is 289 g/mol. The third-order valence-corrected chi connectivity index (χ3v) is 4.24. The first kappa shape index (κ1) is 12.6. The Kier molecular flexibility index (Phi) is 3.48. The summed E-state index contributed by atoms with van der Waals surface area (Å²) in [5.41, 5.74) is 4.82. The SMILES string of the molecule is NNC(c1ccc(Cl)cn1)c1cccc2ccsc12. The van der Waals surface area contributed by atoms with Crippen LogP contribution in [0.25, 0.3) is 10.1 Å². The third kappa shape index (κ3) is 2.35. The molecule has 0 bridgehead atoms. The van der Waals surface area contributed by atoms with E-state index in [4.69, 9.17) is 17.4 Å². The van der Waals surface area contributed by atoms with Gasteiger partial charge in [-0.05, 0) is 34.5 Å². The van der Waals surface area contributed by atoms with Gasteiger partial charge < -0.3 is 0 Å². The number of benzene rings is 1. The Morgan fingerprint density at radius 2 is 2.11 bits per heavy atom. The Balaban J connectivity index is 2.11. The fraction of sp³-hybridized carbons (Fsp3) is 0.0714. The summed E-state index contributed by atoms with van der Waals surface area (Å²) in [6, 6.07) is 11.9. The molecule has 1 unspecified atom stereocenters. The average Bonchev–Trinajstić information content (AvgIpc) is 2.91. The molecule has 0 saturated heterocycles. The number of hydrazine groups is 1. The molecule has 0 radical (unpaired) electrons. The zero-order valence-electron chi connectivity index (χ0n) is 10.0. The number of rotatable bonds is 3. The van der Waals surface area contributed by atoms with Gasteiger partial charge in [0.1, 0.15) is 0 Å². The Morgan fingerprint density at radius 3 is 2.84 bits per heavy atom. The number of hydrogen-bond acceptors (Lipinski definition) is 4. The van der Waals surface area contributed by atoms with Gasteiger partial charge in [0.05, 0.1) is 16.8 Å². The Morgan fingerprint density at radius 1 is 1.21 bits per heavy atom. The van der Waals surface area contributed by atoms with Gasteiger partial charge in [0.25, 0.3) is 0 Å². The van der Waals surface area contributed by atoms with Crippen LogP contribution in [0.1, 0.15) is 17.3 Å². The summed E-state index contributed by atoms with van der Waals surface area (Å²) in [5.74, 6) is 5.72. The van der Waals surface area contributed by atoms with Gasteiger partial charge in [0.2, 0.25) is 0 Å². The number of nitrogens with one attached hydrogen (secondary N) is 1. The Bertz CT molecular complexity index is 693. The number of nitrogens with two attached hydrogens (primary N) is 1. The zero-order valence-corrected chi connectivity index (χ0v) is 11.6. The van der Waals surface area contributed by atoms with Crippen LogP contribution in [0.2, 0.25) is 5.02 Å². The maximum atomic E-state index is 5.87. The Hall–Kier alpha value is -1.46. The molecule has 96 valence electrons. The molecule has 2 heterocycles. The molecule has 0 spiro atoms. The van der Waals surface area contributed by atoms with E-state index in [0.717, 1.165) is 11.3 Å². The molecule has 19 heavy (non-hydrogen) atoms. The van der Waals surface area contributed by atoms with Crippen molar-refractivity contribution in [3.8, 4) is 0 Å². The highest BCUT2D eigenvalue weighted by Crippen LogP contribution is 2.31. The molecule has 1 atom stereocenters. The van der Waals surface area contributed by atoms with Crippen molar-refractivity contribution >= 4 is 33.0 Å². The van der Waals surface area contributed by atoms with Crippen LogP contribution in [0.5, 0.6) is 0 Å². The molecular formula is C14H12ClN3S. The number of pyridine rings is 1. The van der Waals surface area contributed by atoms with Crippen LogP contribution in [0.4, 0.5) is 0 Å². The molecule has 5 heteroatoms. The Labute approximate surface area is 120 Å². The second-order valence-electron chi connectivity index (χ2n) is 4.19. The van der Waals surface area contributed by atoms with Gasteiger partial charge in [0.15, 0.2) is 0 Å². The predicted octanol–water partition coefficient (Wildman–Crippen LogP) is 3.50. The lowest BCUT2D eigenvalue weighted by molar-refractivity contribution is 0.625. The van der Waals surface area contributed by atoms with Crippen molar-refractivity contribution in [2.75, 3.05) is 0 Å². The second kappa shape index (κ2) is 5.27. The fourth-order valence-electron chi connectivity index (χ4n) is 2.14. The minimum atomic E-state index is -0.139. The molecule has 0 aliphatic heterocycles. The minimum absolute atomic E-state index is 0.139. The van der Waals surface area contributed by atoms with Gasteiger partial charge in [-0.15, -0.1) is 11.3 Å². The zero-order chi connectivity index (χ0) is 13.2. The van der Waals surface area contributed by atoms with E-state index in [1.807, 2.05) is 18.2 Å². The van der Waals surface area contributed by atoms with Crippen LogP contribution >= 0.6 is 22.9 Å². The first-order chi connectivity index (χ1) is 9.29. The lowest BCUT2D eigenvalue weighted by Crippen LogP contribution is -2.29. The largest absolute Gasteiger partial charge is 0.271 e. The number of thiophene rings is 1. The smallest absolute Gasteiger partial charge is 0.0895 e. The highest BCUT2D eigenvalue weighted by molar-refractivity contribution is 7.17. The summed E-state index contributed by atoms with van der Waals surface area (Å²) in [5, 5.41) is 3.92. The summed E-state index contributed by atoms with van der Waals surface area (Å²) in [7, 11) is 0. The van der Waals surface area contributed by atoms with Gasteiger partial charge in [0, 0.05) is 10.9 Å². The molecule has 3 rings (SSSR count). The fourth-order valence-corrected chi connectivity index (χ4v) is 3.19. The summed E-state index contributed by atoms with van der Waals surface area (Å²) >= 11 is 7.58. The van der Waals surface area contributed by atoms with Crippen LogP contribution in [0, 0.1) is 0 Å². The summed E-state index contributed by atoms with van der Waals surface area (Å²) in [4.78, 5) is 4.35. The molecule has 0 saturated carbocycles. The molecule has 0 fully saturated rings. The number of halogens is 1. The van der Waals surface area contributed by atoms with E-state index in [1.165, 1.54) is 10.1 Å². The number of aromatic nitrogens is 1. The van der Waals surface area contributed by atoms with Crippen LogP contribution in [-0.4, -0.2) is 4.98 Å². The van der Waals surface area contributed by atoms with Crippen LogP contribution in [0.15, 0.2) is 48.0 Å². The minimum Gasteiger partial charge on any atom is -0.271 e. The third-order valence-electron chi connectivity index (χ3n) is 3.03. The van der Waals surface area contributed by atoms with Crippen molar-refractivity contribution in [2.24, 2.45) is 5.84 Å². The molecule has 2 aromatic heterocycles. The topological polar surface area (TPSA) is 50.9 Å². The quantitative estimate of drug-likeness (QED) is 0.573. The number of fused-ring (bicyclic) bond motifs is 1. The van der Waals surface area contributed by atoms with Crippen LogP contribution in [0.3, 0.4) is 0 Å². The van der Waals surface area contributed by atoms with Gasteiger partial charge >= 0.3 is 0 Å². The lowest BCUT2D eigenvalue weighted by atomic mass is 10.0.